The van der Waals surface area contributed by atoms with Crippen LogP contribution in [0.2, 0.25) is 0 Å². The molecule has 1 aromatic carbocycles. The predicted molar refractivity (Wildman–Crippen MR) is 57.5 cm³/mol. The SMILES string of the molecule is COc1cccc(NC(=O)c2cnco2)c1. The van der Waals surface area contributed by atoms with E-state index in [2.05, 4.69) is 10.3 Å². The molecule has 2 rings (SSSR count). The van der Waals surface area contributed by atoms with Gasteiger partial charge in [0.15, 0.2) is 6.39 Å². The average molecular weight is 218 g/mol. The number of amides is 1. The number of oxazole rings is 1. The van der Waals surface area contributed by atoms with Crippen LogP contribution in [0.1, 0.15) is 10.6 Å². The van der Waals surface area contributed by atoms with Crippen molar-refractivity contribution in [1.82, 2.24) is 4.98 Å². The molecule has 0 saturated heterocycles. The first-order valence-electron chi connectivity index (χ1n) is 4.63. The predicted octanol–water partition coefficient (Wildman–Crippen LogP) is 1.94. The Bertz CT molecular complexity index is 480. The number of benzene rings is 1. The summed E-state index contributed by atoms with van der Waals surface area (Å²) in [7, 11) is 1.57. The number of nitrogens with zero attached hydrogens (tertiary/aromatic N) is 1. The van der Waals surface area contributed by atoms with Gasteiger partial charge in [0.25, 0.3) is 5.91 Å². The van der Waals surface area contributed by atoms with Crippen LogP contribution >= 0.6 is 0 Å². The summed E-state index contributed by atoms with van der Waals surface area (Å²) < 4.78 is 9.91. The largest absolute Gasteiger partial charge is 0.497 e. The van der Waals surface area contributed by atoms with Gasteiger partial charge in [0.2, 0.25) is 5.76 Å². The van der Waals surface area contributed by atoms with Crippen molar-refractivity contribution in [1.29, 1.82) is 0 Å². The van der Waals surface area contributed by atoms with Crippen LogP contribution in [0.15, 0.2) is 41.3 Å². The lowest BCUT2D eigenvalue weighted by atomic mass is 10.3. The fourth-order valence-corrected chi connectivity index (χ4v) is 1.22. The Morgan fingerprint density at radius 2 is 2.38 bits per heavy atom. The fraction of sp³-hybridized carbons (Fsp3) is 0.0909. The summed E-state index contributed by atoms with van der Waals surface area (Å²) in [5.41, 5.74) is 0.640. The van der Waals surface area contributed by atoms with Crippen LogP contribution in [0, 0.1) is 0 Å². The van der Waals surface area contributed by atoms with E-state index in [1.54, 1.807) is 31.4 Å². The quantitative estimate of drug-likeness (QED) is 0.854. The van der Waals surface area contributed by atoms with Gasteiger partial charge in [0.05, 0.1) is 13.3 Å². The van der Waals surface area contributed by atoms with Gasteiger partial charge in [-0.15, -0.1) is 0 Å². The summed E-state index contributed by atoms with van der Waals surface area (Å²) in [6.45, 7) is 0. The van der Waals surface area contributed by atoms with Gasteiger partial charge in [-0.2, -0.15) is 0 Å². The Hall–Kier alpha value is -2.30. The van der Waals surface area contributed by atoms with Gasteiger partial charge in [-0.3, -0.25) is 4.79 Å². The van der Waals surface area contributed by atoms with Gasteiger partial charge < -0.3 is 14.5 Å². The Kier molecular flexibility index (Phi) is 2.86. The number of ether oxygens (including phenoxy) is 1. The minimum absolute atomic E-state index is 0.169. The summed E-state index contributed by atoms with van der Waals surface area (Å²) in [4.78, 5) is 15.3. The van der Waals surface area contributed by atoms with Crippen LogP contribution in [0.5, 0.6) is 5.75 Å². The van der Waals surface area contributed by atoms with Crippen LogP contribution in [-0.2, 0) is 0 Å². The summed E-state index contributed by atoms with van der Waals surface area (Å²) in [6, 6.07) is 7.06. The molecule has 5 nitrogen and oxygen atoms in total. The molecular weight excluding hydrogens is 208 g/mol. The monoisotopic (exact) mass is 218 g/mol. The van der Waals surface area contributed by atoms with Gasteiger partial charge in [-0.25, -0.2) is 4.98 Å². The molecule has 0 saturated carbocycles. The molecule has 0 bridgehead atoms. The summed E-state index contributed by atoms with van der Waals surface area (Å²) in [6.07, 6.45) is 2.57. The smallest absolute Gasteiger partial charge is 0.293 e. The zero-order valence-electron chi connectivity index (χ0n) is 8.64. The van der Waals surface area contributed by atoms with E-state index in [1.807, 2.05) is 0 Å². The number of nitrogens with one attached hydrogen (secondary N) is 1. The van der Waals surface area contributed by atoms with Crippen molar-refractivity contribution >= 4 is 11.6 Å². The first-order chi connectivity index (χ1) is 7.79. The molecule has 1 N–H and O–H groups in total. The third-order valence-electron chi connectivity index (χ3n) is 1.98. The third kappa shape index (κ3) is 2.20. The van der Waals surface area contributed by atoms with Crippen LogP contribution in [0.3, 0.4) is 0 Å². The first-order valence-corrected chi connectivity index (χ1v) is 4.63. The number of hydrogen-bond acceptors (Lipinski definition) is 4. The molecule has 0 spiro atoms. The van der Waals surface area contributed by atoms with Crippen LogP contribution in [0.4, 0.5) is 5.69 Å². The second-order valence-corrected chi connectivity index (χ2v) is 3.05. The van der Waals surface area contributed by atoms with Crippen molar-refractivity contribution in [3.05, 3.63) is 42.6 Å². The molecule has 1 aromatic heterocycles. The van der Waals surface area contributed by atoms with Gasteiger partial charge in [-0.1, -0.05) is 6.07 Å². The van der Waals surface area contributed by atoms with E-state index >= 15 is 0 Å². The van der Waals surface area contributed by atoms with Crippen molar-refractivity contribution < 1.29 is 13.9 Å². The minimum Gasteiger partial charge on any atom is -0.497 e. The van der Waals surface area contributed by atoms with Gasteiger partial charge in [0.1, 0.15) is 5.75 Å². The molecule has 5 heteroatoms. The Balaban J connectivity index is 2.12. The highest BCUT2D eigenvalue weighted by molar-refractivity contribution is 6.02. The van der Waals surface area contributed by atoms with Crippen molar-refractivity contribution in [2.75, 3.05) is 12.4 Å². The molecule has 16 heavy (non-hydrogen) atoms. The Labute approximate surface area is 92.1 Å². The molecule has 82 valence electrons. The fourth-order valence-electron chi connectivity index (χ4n) is 1.22. The number of carbonyl (C=O) groups excluding carboxylic acids is 1. The number of hydrogen-bond donors (Lipinski definition) is 1. The van der Waals surface area contributed by atoms with E-state index < -0.39 is 0 Å². The van der Waals surface area contributed by atoms with E-state index in [-0.39, 0.29) is 11.7 Å². The van der Waals surface area contributed by atoms with Crippen molar-refractivity contribution in [3.8, 4) is 5.75 Å². The summed E-state index contributed by atoms with van der Waals surface area (Å²) in [5, 5.41) is 2.67. The molecule has 1 heterocycles. The summed E-state index contributed by atoms with van der Waals surface area (Å²) in [5.74, 6) is 0.504. The van der Waals surface area contributed by atoms with Crippen molar-refractivity contribution in [2.24, 2.45) is 0 Å². The number of rotatable bonds is 3. The summed E-state index contributed by atoms with van der Waals surface area (Å²) >= 11 is 0. The molecule has 0 aliphatic heterocycles. The lowest BCUT2D eigenvalue weighted by molar-refractivity contribution is 0.0996. The molecule has 0 fully saturated rings. The Morgan fingerprint density at radius 1 is 1.50 bits per heavy atom. The molecule has 0 atom stereocenters. The van der Waals surface area contributed by atoms with E-state index in [0.29, 0.717) is 11.4 Å². The highest BCUT2D eigenvalue weighted by Gasteiger charge is 2.09. The maximum absolute atomic E-state index is 11.6. The van der Waals surface area contributed by atoms with Crippen LogP contribution in [-0.4, -0.2) is 18.0 Å². The van der Waals surface area contributed by atoms with Crippen molar-refractivity contribution in [3.63, 3.8) is 0 Å². The number of aromatic nitrogens is 1. The number of methoxy groups -OCH3 is 1. The first kappa shape index (κ1) is 10.2. The minimum atomic E-state index is -0.342. The van der Waals surface area contributed by atoms with E-state index in [0.717, 1.165) is 0 Å². The zero-order chi connectivity index (χ0) is 11.4. The number of carbonyl (C=O) groups is 1. The Morgan fingerprint density at radius 3 is 3.06 bits per heavy atom. The lowest BCUT2D eigenvalue weighted by Crippen LogP contribution is -2.10. The molecule has 0 unspecified atom stereocenters. The van der Waals surface area contributed by atoms with Crippen LogP contribution in [0.25, 0.3) is 0 Å². The van der Waals surface area contributed by atoms with Gasteiger partial charge >= 0.3 is 0 Å². The van der Waals surface area contributed by atoms with E-state index in [4.69, 9.17) is 9.15 Å². The lowest BCUT2D eigenvalue weighted by Gasteiger charge is -2.04. The maximum atomic E-state index is 11.6. The molecule has 0 aliphatic rings. The second kappa shape index (κ2) is 4.48. The highest BCUT2D eigenvalue weighted by Crippen LogP contribution is 2.17. The van der Waals surface area contributed by atoms with Gasteiger partial charge in [0, 0.05) is 11.8 Å². The molecule has 0 aliphatic carbocycles. The molecule has 0 radical (unpaired) electrons. The van der Waals surface area contributed by atoms with E-state index in [9.17, 15) is 4.79 Å². The van der Waals surface area contributed by atoms with E-state index in [1.165, 1.54) is 12.6 Å². The van der Waals surface area contributed by atoms with Crippen molar-refractivity contribution in [2.45, 2.75) is 0 Å². The second-order valence-electron chi connectivity index (χ2n) is 3.05. The molecule has 2 aromatic rings. The maximum Gasteiger partial charge on any atom is 0.293 e. The highest BCUT2D eigenvalue weighted by atomic mass is 16.5. The average Bonchev–Trinajstić information content (AvgIpc) is 2.83. The topological polar surface area (TPSA) is 64.4 Å². The van der Waals surface area contributed by atoms with Crippen LogP contribution < -0.4 is 10.1 Å². The third-order valence-corrected chi connectivity index (χ3v) is 1.98. The normalized spacial score (nSPS) is 9.81. The standard InChI is InChI=1S/C11H10N2O3/c1-15-9-4-2-3-8(5-9)13-11(14)10-6-12-7-16-10/h2-7H,1H3,(H,13,14). The molecule has 1 amide bonds. The zero-order valence-corrected chi connectivity index (χ0v) is 8.64. The molecular formula is C11H10N2O3. The number of anilines is 1. The van der Waals surface area contributed by atoms with Gasteiger partial charge in [-0.05, 0) is 12.1 Å².